The molecule has 0 aromatic heterocycles. The molecule has 0 spiro atoms. The molecule has 106 valence electrons. The van der Waals surface area contributed by atoms with E-state index in [-0.39, 0.29) is 24.5 Å². The molecule has 1 aliphatic heterocycles. The molecule has 1 aromatic carbocycles. The van der Waals surface area contributed by atoms with Crippen LogP contribution in [-0.4, -0.2) is 37.1 Å². The second kappa shape index (κ2) is 7.34. The summed E-state index contributed by atoms with van der Waals surface area (Å²) >= 11 is 11.8. The van der Waals surface area contributed by atoms with Crippen molar-refractivity contribution in [1.82, 2.24) is 4.90 Å². The van der Waals surface area contributed by atoms with Crippen LogP contribution in [0.5, 0.6) is 0 Å². The summed E-state index contributed by atoms with van der Waals surface area (Å²) in [6, 6.07) is 4.79. The summed E-state index contributed by atoms with van der Waals surface area (Å²) in [6.45, 7) is 1.90. The quantitative estimate of drug-likeness (QED) is 0.777. The molecule has 1 heterocycles. The van der Waals surface area contributed by atoms with Crippen molar-refractivity contribution in [2.75, 3.05) is 20.1 Å². The Morgan fingerprint density at radius 1 is 1.32 bits per heavy atom. The van der Waals surface area contributed by atoms with Crippen LogP contribution in [0.15, 0.2) is 18.2 Å². The first-order valence-corrected chi connectivity index (χ1v) is 6.66. The summed E-state index contributed by atoms with van der Waals surface area (Å²) in [5, 5.41) is 0.844. The molecule has 1 saturated heterocycles. The number of nitrogens with zero attached hydrogens (tertiary/aromatic N) is 1. The van der Waals surface area contributed by atoms with Gasteiger partial charge in [-0.25, -0.2) is 4.79 Å². The Kier molecular flexibility index (Phi) is 6.40. The minimum Gasteiger partial charge on any atom is -0.459 e. The predicted molar refractivity (Wildman–Crippen MR) is 79.6 cm³/mol. The highest BCUT2D eigenvalue weighted by Gasteiger charge is 2.22. The van der Waals surface area contributed by atoms with Gasteiger partial charge >= 0.3 is 5.97 Å². The largest absolute Gasteiger partial charge is 0.459 e. The van der Waals surface area contributed by atoms with Crippen LogP contribution in [0, 0.1) is 0 Å². The van der Waals surface area contributed by atoms with E-state index in [0.29, 0.717) is 15.6 Å². The fourth-order valence-corrected chi connectivity index (χ4v) is 2.46. The molecule has 1 fully saturated rings. The third kappa shape index (κ3) is 4.53. The van der Waals surface area contributed by atoms with Crippen molar-refractivity contribution < 1.29 is 9.53 Å². The molecule has 0 N–H and O–H groups in total. The standard InChI is InChI=1S/C13H15Cl2NO2.ClH/c1-16-6-4-10(5-7-16)18-13(17)11-3-2-9(14)8-12(11)15;/h2-3,8,10H,4-7H2,1H3;1H. The highest BCUT2D eigenvalue weighted by atomic mass is 35.5. The van der Waals surface area contributed by atoms with Crippen molar-refractivity contribution in [3.05, 3.63) is 33.8 Å². The number of hydrogen-bond acceptors (Lipinski definition) is 3. The molecule has 19 heavy (non-hydrogen) atoms. The first kappa shape index (κ1) is 16.6. The molecule has 2 rings (SSSR count). The molecular formula is C13H16Cl3NO2. The molecule has 3 nitrogen and oxygen atoms in total. The van der Waals surface area contributed by atoms with Crippen molar-refractivity contribution in [1.29, 1.82) is 0 Å². The van der Waals surface area contributed by atoms with Gasteiger partial charge in [0.15, 0.2) is 0 Å². The van der Waals surface area contributed by atoms with Crippen LogP contribution in [-0.2, 0) is 4.74 Å². The second-order valence-electron chi connectivity index (χ2n) is 4.53. The Balaban J connectivity index is 0.00000180. The molecule has 6 heteroatoms. The summed E-state index contributed by atoms with van der Waals surface area (Å²) in [5.74, 6) is -0.369. The number of hydrogen-bond donors (Lipinski definition) is 0. The van der Waals surface area contributed by atoms with Gasteiger partial charge in [0.25, 0.3) is 0 Å². The van der Waals surface area contributed by atoms with E-state index in [2.05, 4.69) is 11.9 Å². The third-order valence-corrected chi connectivity index (χ3v) is 3.64. The summed E-state index contributed by atoms with van der Waals surface area (Å²) in [4.78, 5) is 14.2. The minimum atomic E-state index is -0.369. The fraction of sp³-hybridized carbons (Fsp3) is 0.462. The van der Waals surface area contributed by atoms with Crippen LogP contribution >= 0.6 is 35.6 Å². The maximum absolute atomic E-state index is 12.0. The molecular weight excluding hydrogens is 309 g/mol. The number of halogens is 3. The molecule has 1 aliphatic rings. The highest BCUT2D eigenvalue weighted by molar-refractivity contribution is 6.36. The van der Waals surface area contributed by atoms with Crippen LogP contribution in [0.2, 0.25) is 10.0 Å². The Morgan fingerprint density at radius 2 is 1.95 bits per heavy atom. The normalized spacial score (nSPS) is 16.8. The van der Waals surface area contributed by atoms with E-state index in [1.165, 1.54) is 0 Å². The van der Waals surface area contributed by atoms with Gasteiger partial charge in [-0.1, -0.05) is 23.2 Å². The lowest BCUT2D eigenvalue weighted by Gasteiger charge is -2.28. The monoisotopic (exact) mass is 323 g/mol. The summed E-state index contributed by atoms with van der Waals surface area (Å²) in [7, 11) is 2.06. The molecule has 0 unspecified atom stereocenters. The van der Waals surface area contributed by atoms with E-state index >= 15 is 0 Å². The highest BCUT2D eigenvalue weighted by Crippen LogP contribution is 2.23. The van der Waals surface area contributed by atoms with Crippen molar-refractivity contribution in [2.45, 2.75) is 18.9 Å². The van der Waals surface area contributed by atoms with Gasteiger partial charge in [-0.3, -0.25) is 0 Å². The molecule has 0 saturated carbocycles. The van der Waals surface area contributed by atoms with Crippen molar-refractivity contribution in [3.63, 3.8) is 0 Å². The summed E-state index contributed by atoms with van der Waals surface area (Å²) in [6.07, 6.45) is 1.72. The van der Waals surface area contributed by atoms with Crippen LogP contribution in [0.25, 0.3) is 0 Å². The van der Waals surface area contributed by atoms with E-state index in [9.17, 15) is 4.79 Å². The van der Waals surface area contributed by atoms with Crippen LogP contribution < -0.4 is 0 Å². The van der Waals surface area contributed by atoms with E-state index in [1.807, 2.05) is 0 Å². The number of likely N-dealkylation sites (tertiary alicyclic amines) is 1. The lowest BCUT2D eigenvalue weighted by molar-refractivity contribution is 0.0139. The minimum absolute atomic E-state index is 0. The number of ether oxygens (including phenoxy) is 1. The van der Waals surface area contributed by atoms with E-state index < -0.39 is 0 Å². The molecule has 0 atom stereocenters. The number of rotatable bonds is 2. The maximum Gasteiger partial charge on any atom is 0.339 e. The van der Waals surface area contributed by atoms with Crippen LogP contribution in [0.1, 0.15) is 23.2 Å². The third-order valence-electron chi connectivity index (χ3n) is 3.09. The van der Waals surface area contributed by atoms with E-state index in [0.717, 1.165) is 25.9 Å². The number of piperidine rings is 1. The van der Waals surface area contributed by atoms with Crippen molar-refractivity contribution >= 4 is 41.6 Å². The van der Waals surface area contributed by atoms with Gasteiger partial charge in [0.05, 0.1) is 10.6 Å². The molecule has 0 amide bonds. The molecule has 0 radical (unpaired) electrons. The Hall–Kier alpha value is -0.480. The number of benzene rings is 1. The summed E-state index contributed by atoms with van der Waals surface area (Å²) < 4.78 is 5.45. The topological polar surface area (TPSA) is 29.5 Å². The van der Waals surface area contributed by atoms with E-state index in [4.69, 9.17) is 27.9 Å². The SMILES string of the molecule is CN1CCC(OC(=O)c2ccc(Cl)cc2Cl)CC1.Cl. The maximum atomic E-state index is 12.0. The van der Waals surface area contributed by atoms with Gasteiger partial charge in [-0.2, -0.15) is 0 Å². The predicted octanol–water partition coefficient (Wildman–Crippen LogP) is 3.67. The molecule has 0 bridgehead atoms. The zero-order valence-electron chi connectivity index (χ0n) is 10.6. The van der Waals surface area contributed by atoms with Gasteiger partial charge in [-0.15, -0.1) is 12.4 Å². The van der Waals surface area contributed by atoms with Gasteiger partial charge in [0.1, 0.15) is 6.10 Å². The van der Waals surface area contributed by atoms with Gasteiger partial charge in [0.2, 0.25) is 0 Å². The first-order valence-electron chi connectivity index (χ1n) is 5.91. The average molecular weight is 325 g/mol. The van der Waals surface area contributed by atoms with Gasteiger partial charge in [-0.05, 0) is 38.1 Å². The number of esters is 1. The smallest absolute Gasteiger partial charge is 0.339 e. The van der Waals surface area contributed by atoms with Crippen LogP contribution in [0.3, 0.4) is 0 Å². The average Bonchev–Trinajstić information content (AvgIpc) is 2.32. The van der Waals surface area contributed by atoms with Crippen molar-refractivity contribution in [2.24, 2.45) is 0 Å². The first-order chi connectivity index (χ1) is 8.56. The number of carbonyl (C=O) groups is 1. The zero-order chi connectivity index (χ0) is 13.1. The fourth-order valence-electron chi connectivity index (χ4n) is 1.97. The van der Waals surface area contributed by atoms with Gasteiger partial charge in [0, 0.05) is 18.1 Å². The van der Waals surface area contributed by atoms with Gasteiger partial charge < -0.3 is 9.64 Å². The molecule has 0 aliphatic carbocycles. The Labute approximate surface area is 129 Å². The Bertz CT molecular complexity index is 446. The zero-order valence-corrected chi connectivity index (χ0v) is 12.9. The second-order valence-corrected chi connectivity index (χ2v) is 5.38. The molecule has 1 aromatic rings. The summed E-state index contributed by atoms with van der Waals surface area (Å²) in [5.41, 5.74) is 0.375. The van der Waals surface area contributed by atoms with Crippen LogP contribution in [0.4, 0.5) is 0 Å². The lowest BCUT2D eigenvalue weighted by atomic mass is 10.1. The number of carbonyl (C=O) groups excluding carboxylic acids is 1. The Morgan fingerprint density at radius 3 is 2.53 bits per heavy atom. The van der Waals surface area contributed by atoms with Crippen molar-refractivity contribution in [3.8, 4) is 0 Å². The lowest BCUT2D eigenvalue weighted by Crippen LogP contribution is -2.35. The van der Waals surface area contributed by atoms with E-state index in [1.54, 1.807) is 18.2 Å².